The van der Waals surface area contributed by atoms with E-state index in [0.29, 0.717) is 5.56 Å². The summed E-state index contributed by atoms with van der Waals surface area (Å²) < 4.78 is 5.63. The van der Waals surface area contributed by atoms with Crippen molar-refractivity contribution in [2.24, 2.45) is 11.8 Å². The van der Waals surface area contributed by atoms with Gasteiger partial charge in [0.2, 0.25) is 0 Å². The SMILES string of the molecule is CCCC1CCC([C]2C=CC(C(C)OC(=O)c3ccccc3)=CC2)CC1. The van der Waals surface area contributed by atoms with E-state index < -0.39 is 0 Å². The van der Waals surface area contributed by atoms with Gasteiger partial charge in [-0.25, -0.2) is 4.79 Å². The van der Waals surface area contributed by atoms with Crippen molar-refractivity contribution < 1.29 is 9.53 Å². The van der Waals surface area contributed by atoms with Crippen LogP contribution in [0.15, 0.2) is 54.1 Å². The van der Waals surface area contributed by atoms with E-state index in [-0.39, 0.29) is 12.1 Å². The highest BCUT2D eigenvalue weighted by Gasteiger charge is 2.27. The zero-order valence-corrected chi connectivity index (χ0v) is 16.1. The number of carbonyl (C=O) groups is 1. The molecule has 26 heavy (non-hydrogen) atoms. The standard InChI is InChI=1S/C24H31O2/c1-3-7-19-10-12-21(13-11-19)22-16-14-20(15-17-22)18(2)26-24(25)23-8-5-4-6-9-23/h4-6,8-9,14-16,18-19,21H,3,7,10-13,17H2,1-2H3. The Morgan fingerprint density at radius 2 is 1.85 bits per heavy atom. The molecular weight excluding hydrogens is 320 g/mol. The average Bonchev–Trinajstić information content (AvgIpc) is 2.69. The summed E-state index contributed by atoms with van der Waals surface area (Å²) in [5, 5.41) is 0. The Morgan fingerprint density at radius 3 is 2.46 bits per heavy atom. The van der Waals surface area contributed by atoms with Crippen molar-refractivity contribution >= 4 is 5.97 Å². The van der Waals surface area contributed by atoms with E-state index in [1.54, 1.807) is 18.1 Å². The lowest BCUT2D eigenvalue weighted by Gasteiger charge is -2.33. The molecule has 1 fully saturated rings. The van der Waals surface area contributed by atoms with Gasteiger partial charge in [0, 0.05) is 5.92 Å². The molecule has 0 amide bonds. The van der Waals surface area contributed by atoms with Crippen LogP contribution in [0.2, 0.25) is 0 Å². The van der Waals surface area contributed by atoms with Gasteiger partial charge in [-0.05, 0) is 55.7 Å². The summed E-state index contributed by atoms with van der Waals surface area (Å²) in [5.74, 6) is 3.01. The van der Waals surface area contributed by atoms with Crippen molar-refractivity contribution in [2.45, 2.75) is 64.9 Å². The van der Waals surface area contributed by atoms with Gasteiger partial charge in [-0.3, -0.25) is 0 Å². The van der Waals surface area contributed by atoms with Gasteiger partial charge < -0.3 is 4.74 Å². The Bertz CT molecular complexity index is 635. The van der Waals surface area contributed by atoms with E-state index >= 15 is 0 Å². The van der Waals surface area contributed by atoms with E-state index in [0.717, 1.165) is 23.8 Å². The fourth-order valence-corrected chi connectivity index (χ4v) is 4.28. The van der Waals surface area contributed by atoms with Crippen LogP contribution in [0.4, 0.5) is 0 Å². The third-order valence-electron chi connectivity index (χ3n) is 5.89. The Kier molecular flexibility index (Phi) is 6.71. The molecule has 0 N–H and O–H groups in total. The van der Waals surface area contributed by atoms with Gasteiger partial charge in [-0.15, -0.1) is 0 Å². The second kappa shape index (κ2) is 9.21. The molecule has 1 atom stereocenters. The van der Waals surface area contributed by atoms with Gasteiger partial charge in [-0.2, -0.15) is 0 Å². The van der Waals surface area contributed by atoms with Crippen LogP contribution >= 0.6 is 0 Å². The lowest BCUT2D eigenvalue weighted by Crippen LogP contribution is -2.22. The Morgan fingerprint density at radius 1 is 1.12 bits per heavy atom. The minimum atomic E-state index is -0.253. The fourth-order valence-electron chi connectivity index (χ4n) is 4.28. The van der Waals surface area contributed by atoms with Crippen molar-refractivity contribution in [1.29, 1.82) is 0 Å². The maximum atomic E-state index is 12.2. The van der Waals surface area contributed by atoms with Gasteiger partial charge in [0.25, 0.3) is 0 Å². The summed E-state index contributed by atoms with van der Waals surface area (Å²) in [7, 11) is 0. The molecule has 2 aliphatic carbocycles. The number of hydrogen-bond acceptors (Lipinski definition) is 2. The van der Waals surface area contributed by atoms with Gasteiger partial charge in [0.1, 0.15) is 6.10 Å². The monoisotopic (exact) mass is 351 g/mol. The average molecular weight is 352 g/mol. The molecule has 3 rings (SSSR count). The van der Waals surface area contributed by atoms with Crippen LogP contribution in [0.1, 0.15) is 69.2 Å². The highest BCUT2D eigenvalue weighted by molar-refractivity contribution is 5.89. The van der Waals surface area contributed by atoms with Crippen molar-refractivity contribution in [3.8, 4) is 0 Å². The van der Waals surface area contributed by atoms with Crippen molar-refractivity contribution in [1.82, 2.24) is 0 Å². The quantitative estimate of drug-likeness (QED) is 0.562. The number of hydrogen-bond donors (Lipinski definition) is 0. The van der Waals surface area contributed by atoms with E-state index in [2.05, 4.69) is 25.2 Å². The Hall–Kier alpha value is -1.83. The number of ether oxygens (including phenoxy) is 1. The zero-order chi connectivity index (χ0) is 18.4. The smallest absolute Gasteiger partial charge is 0.338 e. The lowest BCUT2D eigenvalue weighted by atomic mass is 9.72. The van der Waals surface area contributed by atoms with Gasteiger partial charge in [0.05, 0.1) is 5.56 Å². The molecule has 1 aromatic rings. The third kappa shape index (κ3) is 4.87. The van der Waals surface area contributed by atoms with Gasteiger partial charge >= 0.3 is 5.97 Å². The molecular formula is C24H31O2. The fraction of sp³-hybridized carbons (Fsp3) is 0.500. The molecule has 2 heteroatoms. The summed E-state index contributed by atoms with van der Waals surface area (Å²) in [4.78, 5) is 12.2. The molecule has 1 unspecified atom stereocenters. The first kappa shape index (κ1) is 18.9. The van der Waals surface area contributed by atoms with E-state index in [9.17, 15) is 4.79 Å². The number of benzene rings is 1. The number of rotatable bonds is 6. The first-order valence-electron chi connectivity index (χ1n) is 10.2. The maximum absolute atomic E-state index is 12.2. The normalized spacial score (nSPS) is 24.8. The molecule has 2 nitrogen and oxygen atoms in total. The summed E-state index contributed by atoms with van der Waals surface area (Å²) in [6.07, 6.45) is 15.6. The summed E-state index contributed by atoms with van der Waals surface area (Å²) in [5.41, 5.74) is 1.72. The molecule has 1 aromatic carbocycles. The number of allylic oxidation sites excluding steroid dienone is 2. The van der Waals surface area contributed by atoms with E-state index in [4.69, 9.17) is 4.74 Å². The summed E-state index contributed by atoms with van der Waals surface area (Å²) in [6.45, 7) is 4.25. The minimum absolute atomic E-state index is 0.208. The molecule has 0 heterocycles. The van der Waals surface area contributed by atoms with Crippen molar-refractivity contribution in [3.63, 3.8) is 0 Å². The van der Waals surface area contributed by atoms with Gasteiger partial charge in [-0.1, -0.05) is 69.0 Å². The molecule has 1 saturated carbocycles. The predicted octanol–water partition coefficient (Wildman–Crippen LogP) is 6.30. The molecule has 0 saturated heterocycles. The predicted molar refractivity (Wildman–Crippen MR) is 107 cm³/mol. The topological polar surface area (TPSA) is 26.3 Å². The molecule has 0 spiro atoms. The molecule has 0 aromatic heterocycles. The van der Waals surface area contributed by atoms with Gasteiger partial charge in [0.15, 0.2) is 0 Å². The van der Waals surface area contributed by atoms with Crippen LogP contribution < -0.4 is 0 Å². The van der Waals surface area contributed by atoms with Crippen LogP contribution in [-0.2, 0) is 4.74 Å². The van der Waals surface area contributed by atoms with Crippen LogP contribution in [0, 0.1) is 17.8 Å². The van der Waals surface area contributed by atoms with Crippen LogP contribution in [0.5, 0.6) is 0 Å². The Balaban J connectivity index is 1.49. The first-order chi connectivity index (χ1) is 12.7. The third-order valence-corrected chi connectivity index (χ3v) is 5.89. The summed E-state index contributed by atoms with van der Waals surface area (Å²) in [6, 6.07) is 9.20. The second-order valence-electron chi connectivity index (χ2n) is 7.74. The zero-order valence-electron chi connectivity index (χ0n) is 16.1. The van der Waals surface area contributed by atoms with E-state index in [1.807, 2.05) is 25.1 Å². The number of esters is 1. The molecule has 0 aliphatic heterocycles. The first-order valence-corrected chi connectivity index (χ1v) is 10.2. The van der Waals surface area contributed by atoms with Crippen LogP contribution in [0.3, 0.4) is 0 Å². The summed E-state index contributed by atoms with van der Waals surface area (Å²) >= 11 is 0. The van der Waals surface area contributed by atoms with E-state index in [1.165, 1.54) is 38.5 Å². The maximum Gasteiger partial charge on any atom is 0.338 e. The Labute approximate surface area is 158 Å². The largest absolute Gasteiger partial charge is 0.454 e. The highest BCUT2D eigenvalue weighted by atomic mass is 16.5. The minimum Gasteiger partial charge on any atom is -0.454 e. The van der Waals surface area contributed by atoms with Crippen molar-refractivity contribution in [3.05, 3.63) is 65.6 Å². The molecule has 1 radical (unpaired) electrons. The molecule has 0 bridgehead atoms. The highest BCUT2D eigenvalue weighted by Crippen LogP contribution is 2.40. The van der Waals surface area contributed by atoms with Crippen LogP contribution in [0.25, 0.3) is 0 Å². The number of carbonyl (C=O) groups excluding carboxylic acids is 1. The second-order valence-corrected chi connectivity index (χ2v) is 7.74. The lowest BCUT2D eigenvalue weighted by molar-refractivity contribution is 0.0411. The molecule has 139 valence electrons. The van der Waals surface area contributed by atoms with Crippen LogP contribution in [-0.4, -0.2) is 12.1 Å². The van der Waals surface area contributed by atoms with Crippen molar-refractivity contribution in [2.75, 3.05) is 0 Å². The molecule has 2 aliphatic rings.